The highest BCUT2D eigenvalue weighted by atomic mass is 35.5. The minimum absolute atomic E-state index is 0.0545. The van der Waals surface area contributed by atoms with Crippen LogP contribution in [-0.2, 0) is 19.6 Å². The van der Waals surface area contributed by atoms with Gasteiger partial charge in [0.05, 0.1) is 15.6 Å². The first kappa shape index (κ1) is 23.0. The molecule has 7 nitrogen and oxygen atoms in total. The number of carbonyl (C=O) groups excluding carboxylic acids is 2. The number of carbonyl (C=O) groups is 2. The first-order chi connectivity index (χ1) is 15.3. The molecular formula is C22H23Cl2N3O4S. The second kappa shape index (κ2) is 9.39. The van der Waals surface area contributed by atoms with Gasteiger partial charge in [0, 0.05) is 42.7 Å². The zero-order valence-corrected chi connectivity index (χ0v) is 19.6. The van der Waals surface area contributed by atoms with Gasteiger partial charge >= 0.3 is 0 Å². The van der Waals surface area contributed by atoms with Gasteiger partial charge in [-0.05, 0) is 61.7 Å². The van der Waals surface area contributed by atoms with Gasteiger partial charge in [0.25, 0.3) is 0 Å². The molecule has 2 aromatic carbocycles. The number of amides is 2. The molecule has 2 aromatic rings. The van der Waals surface area contributed by atoms with Crippen LogP contribution in [0.5, 0.6) is 0 Å². The van der Waals surface area contributed by atoms with Crippen molar-refractivity contribution in [2.75, 3.05) is 29.9 Å². The molecule has 2 saturated heterocycles. The first-order valence-electron chi connectivity index (χ1n) is 10.4. The summed E-state index contributed by atoms with van der Waals surface area (Å²) in [6.45, 7) is 1.15. The zero-order chi connectivity index (χ0) is 22.9. The fourth-order valence-electron chi connectivity index (χ4n) is 4.05. The number of piperidine rings is 1. The average molecular weight is 496 g/mol. The number of anilines is 2. The lowest BCUT2D eigenvalue weighted by molar-refractivity contribution is -0.121. The van der Waals surface area contributed by atoms with E-state index in [1.54, 1.807) is 35.2 Å². The van der Waals surface area contributed by atoms with Crippen molar-refractivity contribution in [3.8, 4) is 0 Å². The first-order valence-corrected chi connectivity index (χ1v) is 12.6. The number of benzene rings is 2. The number of nitrogens with zero attached hydrogens (tertiary/aromatic N) is 2. The quantitative estimate of drug-likeness (QED) is 0.674. The molecule has 2 heterocycles. The Hall–Kier alpha value is -2.13. The number of hydrogen-bond donors (Lipinski definition) is 1. The fraction of sp³-hybridized carbons (Fsp3) is 0.364. The SMILES string of the molecule is O=C(Nc1cc(N2CCCC2=O)ccc1Cl)C1CCN(S(=O)(=O)c2ccc(Cl)cc2)CC1. The van der Waals surface area contributed by atoms with Crippen molar-refractivity contribution >= 4 is 56.4 Å². The highest BCUT2D eigenvalue weighted by molar-refractivity contribution is 7.89. The van der Waals surface area contributed by atoms with Crippen LogP contribution in [0.1, 0.15) is 25.7 Å². The second-order valence-electron chi connectivity index (χ2n) is 7.93. The summed E-state index contributed by atoms with van der Waals surface area (Å²) in [5.41, 5.74) is 1.15. The van der Waals surface area contributed by atoms with Gasteiger partial charge < -0.3 is 10.2 Å². The van der Waals surface area contributed by atoms with Crippen molar-refractivity contribution in [2.45, 2.75) is 30.6 Å². The van der Waals surface area contributed by atoms with E-state index in [0.29, 0.717) is 47.2 Å². The molecule has 2 fully saturated rings. The number of rotatable bonds is 5. The maximum absolute atomic E-state index is 12.8. The summed E-state index contributed by atoms with van der Waals surface area (Å²) in [6, 6.07) is 11.2. The highest BCUT2D eigenvalue weighted by Gasteiger charge is 2.32. The van der Waals surface area contributed by atoms with Crippen LogP contribution in [0.2, 0.25) is 10.0 Å². The molecule has 32 heavy (non-hydrogen) atoms. The molecule has 10 heteroatoms. The van der Waals surface area contributed by atoms with Gasteiger partial charge in [-0.1, -0.05) is 23.2 Å². The summed E-state index contributed by atoms with van der Waals surface area (Å²) < 4.78 is 27.1. The molecule has 4 rings (SSSR count). The molecule has 0 atom stereocenters. The van der Waals surface area contributed by atoms with Crippen molar-refractivity contribution in [3.05, 3.63) is 52.5 Å². The highest BCUT2D eigenvalue weighted by Crippen LogP contribution is 2.31. The minimum Gasteiger partial charge on any atom is -0.324 e. The lowest BCUT2D eigenvalue weighted by Gasteiger charge is -2.30. The van der Waals surface area contributed by atoms with Crippen molar-refractivity contribution in [2.24, 2.45) is 5.92 Å². The Labute approximate surface area is 197 Å². The van der Waals surface area contributed by atoms with Crippen molar-refractivity contribution in [1.82, 2.24) is 4.31 Å². The summed E-state index contributed by atoms with van der Waals surface area (Å²) in [5.74, 6) is -0.487. The molecule has 1 N–H and O–H groups in total. The molecule has 0 unspecified atom stereocenters. The Bertz CT molecular complexity index is 1130. The fourth-order valence-corrected chi connectivity index (χ4v) is 5.81. The molecule has 2 aliphatic heterocycles. The minimum atomic E-state index is -3.63. The van der Waals surface area contributed by atoms with E-state index in [4.69, 9.17) is 23.2 Å². The Morgan fingerprint density at radius 2 is 1.69 bits per heavy atom. The number of sulfonamides is 1. The van der Waals surface area contributed by atoms with E-state index in [1.807, 2.05) is 0 Å². The monoisotopic (exact) mass is 495 g/mol. The maximum Gasteiger partial charge on any atom is 0.243 e. The zero-order valence-electron chi connectivity index (χ0n) is 17.3. The third-order valence-electron chi connectivity index (χ3n) is 5.87. The van der Waals surface area contributed by atoms with Crippen LogP contribution in [0.4, 0.5) is 11.4 Å². The van der Waals surface area contributed by atoms with E-state index < -0.39 is 10.0 Å². The summed E-state index contributed by atoms with van der Waals surface area (Å²) in [4.78, 5) is 26.7. The summed E-state index contributed by atoms with van der Waals surface area (Å²) in [7, 11) is -3.63. The van der Waals surface area contributed by atoms with Gasteiger partial charge in [0.2, 0.25) is 21.8 Å². The molecule has 0 spiro atoms. The average Bonchev–Trinajstić information content (AvgIpc) is 3.21. The van der Waals surface area contributed by atoms with Gasteiger partial charge in [-0.2, -0.15) is 4.31 Å². The topological polar surface area (TPSA) is 86.8 Å². The Balaban J connectivity index is 1.40. The van der Waals surface area contributed by atoms with Gasteiger partial charge in [-0.15, -0.1) is 0 Å². The van der Waals surface area contributed by atoms with E-state index in [9.17, 15) is 18.0 Å². The molecule has 170 valence electrons. The summed E-state index contributed by atoms with van der Waals surface area (Å²) >= 11 is 12.1. The van der Waals surface area contributed by atoms with E-state index in [2.05, 4.69) is 5.32 Å². The van der Waals surface area contributed by atoms with Crippen LogP contribution in [0.25, 0.3) is 0 Å². The molecule has 0 aliphatic carbocycles. The van der Waals surface area contributed by atoms with E-state index >= 15 is 0 Å². The van der Waals surface area contributed by atoms with Gasteiger partial charge in [-0.3, -0.25) is 9.59 Å². The molecule has 0 aromatic heterocycles. The maximum atomic E-state index is 12.8. The Kier molecular flexibility index (Phi) is 6.76. The second-order valence-corrected chi connectivity index (χ2v) is 10.7. The lowest BCUT2D eigenvalue weighted by atomic mass is 9.97. The van der Waals surface area contributed by atoms with Crippen LogP contribution in [0.15, 0.2) is 47.4 Å². The number of nitrogens with one attached hydrogen (secondary N) is 1. The van der Waals surface area contributed by atoms with Gasteiger partial charge in [-0.25, -0.2) is 8.42 Å². The predicted molar refractivity (Wildman–Crippen MR) is 125 cm³/mol. The van der Waals surface area contributed by atoms with Crippen LogP contribution in [0, 0.1) is 5.92 Å². The number of halogens is 2. The predicted octanol–water partition coefficient (Wildman–Crippen LogP) is 4.16. The van der Waals surface area contributed by atoms with Crippen LogP contribution >= 0.6 is 23.2 Å². The van der Waals surface area contributed by atoms with Crippen LogP contribution in [-0.4, -0.2) is 44.2 Å². The van der Waals surface area contributed by atoms with Crippen molar-refractivity contribution in [3.63, 3.8) is 0 Å². The third-order valence-corrected chi connectivity index (χ3v) is 8.36. The van der Waals surface area contributed by atoms with Crippen molar-refractivity contribution < 1.29 is 18.0 Å². The van der Waals surface area contributed by atoms with E-state index in [0.717, 1.165) is 6.42 Å². The summed E-state index contributed by atoms with van der Waals surface area (Å²) in [6.07, 6.45) is 2.13. The normalized spacial score (nSPS) is 18.2. The van der Waals surface area contributed by atoms with E-state index in [-0.39, 0.29) is 35.7 Å². The summed E-state index contributed by atoms with van der Waals surface area (Å²) in [5, 5.41) is 3.71. The smallest absolute Gasteiger partial charge is 0.243 e. The third kappa shape index (κ3) is 4.78. The molecule has 0 saturated carbocycles. The van der Waals surface area contributed by atoms with Crippen molar-refractivity contribution in [1.29, 1.82) is 0 Å². The standard InChI is InChI=1S/C22H23Cl2N3O4S/c23-16-3-6-18(7-4-16)32(30,31)26-12-9-15(10-13-26)22(29)25-20-14-17(5-8-19(20)24)27-11-1-2-21(27)28/h3-8,14-15H,1-2,9-13H2,(H,25,29). The van der Waals surface area contributed by atoms with Gasteiger partial charge in [0.1, 0.15) is 0 Å². The lowest BCUT2D eigenvalue weighted by Crippen LogP contribution is -2.41. The molecule has 2 amide bonds. The van der Waals surface area contributed by atoms with Crippen LogP contribution in [0.3, 0.4) is 0 Å². The van der Waals surface area contributed by atoms with E-state index in [1.165, 1.54) is 16.4 Å². The number of hydrogen-bond acceptors (Lipinski definition) is 4. The molecule has 0 bridgehead atoms. The van der Waals surface area contributed by atoms with Crippen LogP contribution < -0.4 is 10.2 Å². The Morgan fingerprint density at radius 3 is 2.31 bits per heavy atom. The van der Waals surface area contributed by atoms with Gasteiger partial charge in [0.15, 0.2) is 0 Å². The Morgan fingerprint density at radius 1 is 1.00 bits per heavy atom. The molecule has 2 aliphatic rings. The molecule has 0 radical (unpaired) electrons. The largest absolute Gasteiger partial charge is 0.324 e. The molecular weight excluding hydrogens is 473 g/mol.